The predicted molar refractivity (Wildman–Crippen MR) is 93.5 cm³/mol. The molecule has 2 heterocycles. The van der Waals surface area contributed by atoms with Gasteiger partial charge in [-0.05, 0) is 31.0 Å². The lowest BCUT2D eigenvalue weighted by Crippen LogP contribution is -2.34. The van der Waals surface area contributed by atoms with Crippen molar-refractivity contribution in [3.8, 4) is 23.5 Å². The Bertz CT molecular complexity index is 838. The van der Waals surface area contributed by atoms with Crippen molar-refractivity contribution in [2.75, 3.05) is 13.2 Å². The topological polar surface area (TPSA) is 110 Å². The first-order chi connectivity index (χ1) is 13.1. The Morgan fingerprint density at radius 1 is 1.19 bits per heavy atom. The second-order valence-electron chi connectivity index (χ2n) is 6.67. The molecule has 1 aliphatic carbocycles. The van der Waals surface area contributed by atoms with Crippen LogP contribution in [0.4, 0.5) is 0 Å². The number of aromatic amines is 1. The molecule has 1 aromatic carbocycles. The highest BCUT2D eigenvalue weighted by atomic mass is 16.7. The molecule has 8 nitrogen and oxygen atoms in total. The molecule has 0 amide bonds. The lowest BCUT2D eigenvalue weighted by molar-refractivity contribution is -0.180. The zero-order valence-electron chi connectivity index (χ0n) is 14.7. The molecule has 0 radical (unpaired) electrons. The second kappa shape index (κ2) is 7.66. The molecule has 0 bridgehead atoms. The molecule has 1 aromatic heterocycles. The van der Waals surface area contributed by atoms with Gasteiger partial charge in [0, 0.05) is 24.3 Å². The molecule has 8 heteroatoms. The summed E-state index contributed by atoms with van der Waals surface area (Å²) in [5.41, 5.74) is 0.745. The summed E-state index contributed by atoms with van der Waals surface area (Å²) in [6.45, 7) is 1.37. The number of H-pyrrole nitrogens is 1. The van der Waals surface area contributed by atoms with Gasteiger partial charge < -0.3 is 24.4 Å². The lowest BCUT2D eigenvalue weighted by Gasteiger charge is -2.33. The molecule has 2 aromatic rings. The van der Waals surface area contributed by atoms with E-state index in [-0.39, 0.29) is 17.4 Å². The number of benzene rings is 1. The highest BCUT2D eigenvalue weighted by Crippen LogP contribution is 2.38. The molecule has 0 atom stereocenters. The third-order valence-corrected chi connectivity index (χ3v) is 4.82. The van der Waals surface area contributed by atoms with Crippen LogP contribution in [0.3, 0.4) is 0 Å². The first-order valence-electron chi connectivity index (χ1n) is 8.98. The van der Waals surface area contributed by atoms with Gasteiger partial charge in [0.1, 0.15) is 5.75 Å². The van der Waals surface area contributed by atoms with Gasteiger partial charge in [0.25, 0.3) is 5.88 Å². The van der Waals surface area contributed by atoms with Crippen LogP contribution in [-0.4, -0.2) is 44.6 Å². The van der Waals surface area contributed by atoms with E-state index in [9.17, 15) is 10.2 Å². The van der Waals surface area contributed by atoms with Gasteiger partial charge in [-0.3, -0.25) is 0 Å². The van der Waals surface area contributed by atoms with Crippen LogP contribution in [0.25, 0.3) is 0 Å². The van der Waals surface area contributed by atoms with Gasteiger partial charge in [0.05, 0.1) is 13.2 Å². The monoisotopic (exact) mass is 371 g/mol. The fraction of sp³-hybridized carbons (Fsp3) is 0.474. The summed E-state index contributed by atoms with van der Waals surface area (Å²) >= 11 is 0. The van der Waals surface area contributed by atoms with Crippen LogP contribution in [0.15, 0.2) is 24.3 Å². The summed E-state index contributed by atoms with van der Waals surface area (Å²) < 4.78 is 17.1. The van der Waals surface area contributed by atoms with Crippen LogP contribution in [0.5, 0.6) is 11.6 Å². The number of nitrogens with zero attached hydrogens (tertiary/aromatic N) is 2. The maximum atomic E-state index is 9.24. The van der Waals surface area contributed by atoms with E-state index in [2.05, 4.69) is 27.3 Å². The smallest absolute Gasteiger partial charge is 0.267 e. The average molecular weight is 371 g/mol. The van der Waals surface area contributed by atoms with Crippen molar-refractivity contribution in [2.45, 2.75) is 37.8 Å². The Labute approximate surface area is 156 Å². The largest absolute Gasteiger partial charge is 0.436 e. The zero-order chi connectivity index (χ0) is 18.7. The molecular formula is C19H21N3O5. The first kappa shape index (κ1) is 17.9. The van der Waals surface area contributed by atoms with E-state index in [1.807, 2.05) is 12.1 Å². The summed E-state index contributed by atoms with van der Waals surface area (Å²) in [6.07, 6.45) is 1.92. The highest BCUT2D eigenvalue weighted by Gasteiger charge is 2.39. The van der Waals surface area contributed by atoms with Crippen molar-refractivity contribution in [1.82, 2.24) is 15.4 Å². The highest BCUT2D eigenvalue weighted by molar-refractivity contribution is 5.41. The molecule has 27 heavy (non-hydrogen) atoms. The summed E-state index contributed by atoms with van der Waals surface area (Å²) in [6, 6.07) is 7.25. The minimum Gasteiger partial charge on any atom is -0.436 e. The fourth-order valence-corrected chi connectivity index (χ4v) is 3.39. The van der Waals surface area contributed by atoms with Gasteiger partial charge in [0.2, 0.25) is 6.29 Å². The van der Waals surface area contributed by atoms with E-state index in [1.54, 1.807) is 12.1 Å². The average Bonchev–Trinajstić information content (AvgIpc) is 3.32. The molecule has 1 saturated heterocycles. The minimum atomic E-state index is -1.76. The first-order valence-corrected chi connectivity index (χ1v) is 8.98. The van der Waals surface area contributed by atoms with Gasteiger partial charge >= 0.3 is 0 Å². The molecule has 1 spiro atoms. The number of rotatable bonds is 3. The number of aliphatic hydroxyl groups is 2. The Hall–Kier alpha value is -2.44. The minimum absolute atomic E-state index is 0.0178. The number of aromatic nitrogens is 3. The Kier molecular flexibility index (Phi) is 5.09. The SMILES string of the molecule is OC(O)c1n[nH]nc1Oc1cccc(C#CC2CCC3(CC2)OCCO3)c1. The zero-order valence-corrected chi connectivity index (χ0v) is 14.7. The van der Waals surface area contributed by atoms with E-state index >= 15 is 0 Å². The Morgan fingerprint density at radius 2 is 1.96 bits per heavy atom. The molecule has 1 aliphatic heterocycles. The van der Waals surface area contributed by atoms with Crippen LogP contribution >= 0.6 is 0 Å². The molecule has 2 aliphatic rings. The Balaban J connectivity index is 1.40. The van der Waals surface area contributed by atoms with Gasteiger partial charge in [-0.2, -0.15) is 10.3 Å². The third kappa shape index (κ3) is 4.12. The van der Waals surface area contributed by atoms with E-state index in [1.165, 1.54) is 0 Å². The second-order valence-corrected chi connectivity index (χ2v) is 6.67. The van der Waals surface area contributed by atoms with Crippen molar-refractivity contribution in [1.29, 1.82) is 0 Å². The normalized spacial score (nSPS) is 19.2. The number of hydrogen-bond donors (Lipinski definition) is 3. The van der Waals surface area contributed by atoms with Crippen LogP contribution < -0.4 is 4.74 Å². The Morgan fingerprint density at radius 3 is 2.70 bits per heavy atom. The van der Waals surface area contributed by atoms with E-state index in [0.29, 0.717) is 24.9 Å². The molecule has 4 rings (SSSR count). The van der Waals surface area contributed by atoms with Crippen molar-refractivity contribution in [3.05, 3.63) is 35.5 Å². The van der Waals surface area contributed by atoms with Crippen LogP contribution in [0.1, 0.15) is 43.2 Å². The predicted octanol–water partition coefficient (Wildman–Crippen LogP) is 1.86. The lowest BCUT2D eigenvalue weighted by atomic mass is 9.85. The summed E-state index contributed by atoms with van der Waals surface area (Å²) in [4.78, 5) is 0. The van der Waals surface area contributed by atoms with Gasteiger partial charge in [-0.25, -0.2) is 0 Å². The van der Waals surface area contributed by atoms with Crippen molar-refractivity contribution >= 4 is 0 Å². The van der Waals surface area contributed by atoms with Gasteiger partial charge in [-0.1, -0.05) is 17.9 Å². The van der Waals surface area contributed by atoms with Crippen molar-refractivity contribution in [3.63, 3.8) is 0 Å². The quantitative estimate of drug-likeness (QED) is 0.558. The third-order valence-electron chi connectivity index (χ3n) is 4.82. The molecular weight excluding hydrogens is 350 g/mol. The van der Waals surface area contributed by atoms with Crippen LogP contribution in [-0.2, 0) is 9.47 Å². The number of ether oxygens (including phenoxy) is 3. The van der Waals surface area contributed by atoms with E-state index in [4.69, 9.17) is 14.2 Å². The molecule has 0 unspecified atom stereocenters. The molecule has 2 fully saturated rings. The van der Waals surface area contributed by atoms with Gasteiger partial charge in [-0.15, -0.1) is 5.10 Å². The van der Waals surface area contributed by atoms with Gasteiger partial charge in [0.15, 0.2) is 11.5 Å². The maximum Gasteiger partial charge on any atom is 0.267 e. The standard InChI is InChI=1S/C19H21N3O5/c23-18(24)16-17(21-22-20-16)27-15-3-1-2-14(12-15)5-4-13-6-8-19(9-7-13)25-10-11-26-19/h1-3,12-13,18,23-24H,6-11H2,(H,20,21,22). The molecule has 1 saturated carbocycles. The fourth-order valence-electron chi connectivity index (χ4n) is 3.39. The summed E-state index contributed by atoms with van der Waals surface area (Å²) in [5, 5.41) is 28.2. The summed E-state index contributed by atoms with van der Waals surface area (Å²) in [7, 11) is 0. The van der Waals surface area contributed by atoms with Crippen molar-refractivity contribution < 1.29 is 24.4 Å². The maximum absolute atomic E-state index is 9.24. The molecule has 142 valence electrons. The van der Waals surface area contributed by atoms with E-state index in [0.717, 1.165) is 31.2 Å². The summed E-state index contributed by atoms with van der Waals surface area (Å²) in [5.74, 6) is 6.99. The molecule has 3 N–H and O–H groups in total. The van der Waals surface area contributed by atoms with Crippen molar-refractivity contribution in [2.24, 2.45) is 5.92 Å². The van der Waals surface area contributed by atoms with E-state index < -0.39 is 6.29 Å². The van der Waals surface area contributed by atoms with Crippen LogP contribution in [0.2, 0.25) is 0 Å². The number of nitrogens with one attached hydrogen (secondary N) is 1. The number of hydrogen-bond acceptors (Lipinski definition) is 7. The number of aliphatic hydroxyl groups excluding tert-OH is 1. The van der Waals surface area contributed by atoms with Crippen LogP contribution in [0, 0.1) is 17.8 Å².